The van der Waals surface area contributed by atoms with Gasteiger partial charge in [-0.2, -0.15) is 0 Å². The lowest BCUT2D eigenvalue weighted by Gasteiger charge is -2.02. The Hall–Kier alpha value is -2.76. The van der Waals surface area contributed by atoms with E-state index in [1.807, 2.05) is 0 Å². The van der Waals surface area contributed by atoms with Crippen molar-refractivity contribution in [2.45, 2.75) is 0 Å². The first-order chi connectivity index (χ1) is 8.59. The summed E-state index contributed by atoms with van der Waals surface area (Å²) >= 11 is 0. The lowest BCUT2D eigenvalue weighted by atomic mass is 10.0. The van der Waals surface area contributed by atoms with E-state index < -0.39 is 9.85 Å². The van der Waals surface area contributed by atoms with Crippen molar-refractivity contribution in [1.82, 2.24) is 0 Å². The minimum Gasteiger partial charge on any atom is -0.258 e. The van der Waals surface area contributed by atoms with Crippen LogP contribution in [-0.4, -0.2) is 9.85 Å². The van der Waals surface area contributed by atoms with Gasteiger partial charge in [0.05, 0.1) is 21.5 Å². The van der Waals surface area contributed by atoms with Crippen molar-refractivity contribution < 1.29 is 9.85 Å². The van der Waals surface area contributed by atoms with E-state index in [1.54, 1.807) is 12.1 Å². The van der Waals surface area contributed by atoms with Gasteiger partial charge in [0, 0.05) is 12.1 Å². The van der Waals surface area contributed by atoms with Gasteiger partial charge in [0.15, 0.2) is 0 Å². The van der Waals surface area contributed by atoms with E-state index in [9.17, 15) is 20.2 Å². The van der Waals surface area contributed by atoms with Crippen LogP contribution in [0, 0.1) is 26.3 Å². The molecule has 0 saturated carbocycles. The summed E-state index contributed by atoms with van der Waals surface area (Å²) in [6, 6.07) is 12.8. The SMILES string of the molecule is O=[N+]([O-])c1ccc(-c2ccc[c]c2[N+](=O)[O-])cc1. The smallest absolute Gasteiger partial charge is 0.258 e. The lowest BCUT2D eigenvalue weighted by molar-refractivity contribution is -0.385. The number of non-ortho nitro benzene ring substituents is 1. The Morgan fingerprint density at radius 2 is 1.61 bits per heavy atom. The Kier molecular flexibility index (Phi) is 3.01. The number of benzene rings is 2. The summed E-state index contributed by atoms with van der Waals surface area (Å²) in [5.41, 5.74) is 0.731. The summed E-state index contributed by atoms with van der Waals surface area (Å²) < 4.78 is 0. The van der Waals surface area contributed by atoms with Crippen molar-refractivity contribution in [2.24, 2.45) is 0 Å². The minimum atomic E-state index is -0.531. The van der Waals surface area contributed by atoms with E-state index in [1.165, 1.54) is 30.3 Å². The monoisotopic (exact) mass is 243 g/mol. The maximum absolute atomic E-state index is 10.8. The third kappa shape index (κ3) is 2.17. The van der Waals surface area contributed by atoms with Crippen molar-refractivity contribution in [3.63, 3.8) is 0 Å². The molecule has 0 atom stereocenters. The molecule has 0 saturated heterocycles. The highest BCUT2D eigenvalue weighted by Crippen LogP contribution is 2.29. The number of nitro benzene ring substituents is 2. The second-order valence-electron chi connectivity index (χ2n) is 3.49. The first-order valence-corrected chi connectivity index (χ1v) is 4.99. The van der Waals surface area contributed by atoms with Crippen LogP contribution in [0.3, 0.4) is 0 Å². The van der Waals surface area contributed by atoms with E-state index in [4.69, 9.17) is 0 Å². The van der Waals surface area contributed by atoms with Crippen LogP contribution >= 0.6 is 0 Å². The van der Waals surface area contributed by atoms with Crippen LogP contribution in [0.1, 0.15) is 0 Å². The van der Waals surface area contributed by atoms with Gasteiger partial charge in [0.1, 0.15) is 0 Å². The van der Waals surface area contributed by atoms with Crippen LogP contribution in [0.4, 0.5) is 11.4 Å². The van der Waals surface area contributed by atoms with Gasteiger partial charge < -0.3 is 0 Å². The molecule has 0 bridgehead atoms. The molecule has 1 radical (unpaired) electrons. The molecule has 0 amide bonds. The fraction of sp³-hybridized carbons (Fsp3) is 0. The molecule has 6 nitrogen and oxygen atoms in total. The van der Waals surface area contributed by atoms with Gasteiger partial charge in [-0.25, -0.2) is 0 Å². The predicted molar refractivity (Wildman–Crippen MR) is 64.0 cm³/mol. The van der Waals surface area contributed by atoms with Gasteiger partial charge in [0.2, 0.25) is 0 Å². The molecule has 0 aliphatic rings. The zero-order chi connectivity index (χ0) is 13.1. The largest absolute Gasteiger partial charge is 0.285 e. The summed E-state index contributed by atoms with van der Waals surface area (Å²) in [6.45, 7) is 0. The third-order valence-electron chi connectivity index (χ3n) is 2.41. The zero-order valence-electron chi connectivity index (χ0n) is 9.07. The highest BCUT2D eigenvalue weighted by atomic mass is 16.6. The molecule has 0 aromatic heterocycles. The second-order valence-corrected chi connectivity index (χ2v) is 3.49. The molecule has 0 fully saturated rings. The summed E-state index contributed by atoms with van der Waals surface area (Å²) in [5, 5.41) is 21.4. The van der Waals surface area contributed by atoms with Crippen molar-refractivity contribution in [3.05, 3.63) is 68.8 Å². The predicted octanol–water partition coefficient (Wildman–Crippen LogP) is 2.97. The van der Waals surface area contributed by atoms with Gasteiger partial charge in [-0.05, 0) is 29.8 Å². The van der Waals surface area contributed by atoms with E-state index in [2.05, 4.69) is 6.07 Å². The number of hydrogen-bond donors (Lipinski definition) is 0. The van der Waals surface area contributed by atoms with Gasteiger partial charge >= 0.3 is 0 Å². The van der Waals surface area contributed by atoms with E-state index in [0.717, 1.165) is 0 Å². The normalized spacial score (nSPS) is 10.0. The first kappa shape index (κ1) is 11.7. The van der Waals surface area contributed by atoms with Crippen molar-refractivity contribution in [1.29, 1.82) is 0 Å². The number of para-hydroxylation sites is 1. The van der Waals surface area contributed by atoms with Crippen LogP contribution in [0.5, 0.6) is 0 Å². The molecular weight excluding hydrogens is 236 g/mol. The molecular formula is C12H7N2O4. The van der Waals surface area contributed by atoms with Gasteiger partial charge in [-0.3, -0.25) is 20.2 Å². The molecule has 2 aromatic rings. The van der Waals surface area contributed by atoms with Crippen molar-refractivity contribution >= 4 is 11.4 Å². The Morgan fingerprint density at radius 3 is 2.17 bits per heavy atom. The number of nitro groups is 2. The lowest BCUT2D eigenvalue weighted by Crippen LogP contribution is -1.92. The Bertz CT molecular complexity index is 608. The van der Waals surface area contributed by atoms with Crippen molar-refractivity contribution in [3.8, 4) is 11.1 Å². The molecule has 0 aliphatic heterocycles. The highest BCUT2D eigenvalue weighted by Gasteiger charge is 2.15. The number of nitrogens with zero attached hydrogens (tertiary/aromatic N) is 2. The van der Waals surface area contributed by atoms with Crippen LogP contribution in [-0.2, 0) is 0 Å². The van der Waals surface area contributed by atoms with Crippen LogP contribution < -0.4 is 0 Å². The topological polar surface area (TPSA) is 86.3 Å². The number of rotatable bonds is 3. The number of hydrogen-bond acceptors (Lipinski definition) is 4. The maximum atomic E-state index is 10.8. The zero-order valence-corrected chi connectivity index (χ0v) is 9.07. The molecule has 18 heavy (non-hydrogen) atoms. The van der Waals surface area contributed by atoms with E-state index >= 15 is 0 Å². The molecule has 2 rings (SSSR count). The summed E-state index contributed by atoms with van der Waals surface area (Å²) in [6.07, 6.45) is 0. The Labute approximate surface area is 102 Å². The van der Waals surface area contributed by atoms with E-state index in [-0.39, 0.29) is 11.4 Å². The van der Waals surface area contributed by atoms with E-state index in [0.29, 0.717) is 11.1 Å². The molecule has 0 aliphatic carbocycles. The first-order valence-electron chi connectivity index (χ1n) is 4.99. The van der Waals surface area contributed by atoms with Gasteiger partial charge in [-0.15, -0.1) is 0 Å². The quantitative estimate of drug-likeness (QED) is 0.612. The van der Waals surface area contributed by atoms with Gasteiger partial charge in [0.25, 0.3) is 11.4 Å². The molecule has 6 heteroatoms. The molecule has 0 N–H and O–H groups in total. The standard InChI is InChI=1S/C12H7N2O4/c15-13(16)10-7-5-9(6-8-10)11-3-1-2-4-12(11)14(17)18/h1-3,5-8H. The van der Waals surface area contributed by atoms with Gasteiger partial charge in [-0.1, -0.05) is 6.07 Å². The minimum absolute atomic E-state index is 0.0543. The Morgan fingerprint density at radius 1 is 0.944 bits per heavy atom. The summed E-state index contributed by atoms with van der Waals surface area (Å²) in [7, 11) is 0. The van der Waals surface area contributed by atoms with Crippen molar-refractivity contribution in [2.75, 3.05) is 0 Å². The molecule has 89 valence electrons. The second kappa shape index (κ2) is 4.62. The third-order valence-corrected chi connectivity index (χ3v) is 2.41. The average molecular weight is 243 g/mol. The average Bonchev–Trinajstić information content (AvgIpc) is 2.39. The highest BCUT2D eigenvalue weighted by molar-refractivity contribution is 5.73. The molecule has 0 spiro atoms. The summed E-state index contributed by atoms with van der Waals surface area (Å²) in [5.74, 6) is 0. The fourth-order valence-corrected chi connectivity index (χ4v) is 1.57. The summed E-state index contributed by atoms with van der Waals surface area (Å²) in [4.78, 5) is 20.3. The fourth-order valence-electron chi connectivity index (χ4n) is 1.57. The Balaban J connectivity index is 2.49. The van der Waals surface area contributed by atoms with Crippen LogP contribution in [0.15, 0.2) is 42.5 Å². The molecule has 0 unspecified atom stereocenters. The maximum Gasteiger partial charge on any atom is 0.285 e. The van der Waals surface area contributed by atoms with Crippen LogP contribution in [0.25, 0.3) is 11.1 Å². The molecule has 2 aromatic carbocycles. The molecule has 0 heterocycles. The van der Waals surface area contributed by atoms with Crippen LogP contribution in [0.2, 0.25) is 0 Å².